The van der Waals surface area contributed by atoms with Crippen LogP contribution in [0.2, 0.25) is 0 Å². The maximum atomic E-state index is 12.8. The Balaban J connectivity index is 1.63. The van der Waals surface area contributed by atoms with Crippen molar-refractivity contribution in [1.29, 1.82) is 0 Å². The zero-order chi connectivity index (χ0) is 24.8. The molecule has 0 saturated carbocycles. The molecule has 0 radical (unpaired) electrons. The first-order valence-electron chi connectivity index (χ1n) is 11.4. The van der Waals surface area contributed by atoms with Crippen molar-refractivity contribution >= 4 is 18.0 Å². The molecule has 34 heavy (non-hydrogen) atoms. The predicted molar refractivity (Wildman–Crippen MR) is 127 cm³/mol. The van der Waals surface area contributed by atoms with Gasteiger partial charge in [-0.2, -0.15) is 0 Å². The molecular formula is C26H32N2O6. The molecule has 1 aliphatic rings. The Morgan fingerprint density at radius 3 is 2.00 bits per heavy atom. The molecule has 0 saturated heterocycles. The number of carboxylic acids is 1. The summed E-state index contributed by atoms with van der Waals surface area (Å²) in [6.45, 7) is 5.23. The van der Waals surface area contributed by atoms with Gasteiger partial charge >= 0.3 is 12.1 Å². The fourth-order valence-electron chi connectivity index (χ4n) is 4.62. The van der Waals surface area contributed by atoms with E-state index in [0.29, 0.717) is 0 Å². The molecule has 2 amide bonds. The van der Waals surface area contributed by atoms with Gasteiger partial charge < -0.3 is 25.2 Å². The number of hydrogen-bond acceptors (Lipinski definition) is 5. The first-order chi connectivity index (χ1) is 16.2. The van der Waals surface area contributed by atoms with Crippen LogP contribution in [-0.2, 0) is 19.1 Å². The number of carbonyl (C=O) groups is 3. The lowest BCUT2D eigenvalue weighted by Crippen LogP contribution is -2.54. The van der Waals surface area contributed by atoms with Gasteiger partial charge in [-0.05, 0) is 35.1 Å². The summed E-state index contributed by atoms with van der Waals surface area (Å²) in [5.74, 6) is -2.56. The summed E-state index contributed by atoms with van der Waals surface area (Å²) in [5, 5.41) is 14.7. The Morgan fingerprint density at radius 1 is 0.941 bits per heavy atom. The smallest absolute Gasteiger partial charge is 0.407 e. The lowest BCUT2D eigenvalue weighted by molar-refractivity contribution is -0.144. The third-order valence-electron chi connectivity index (χ3n) is 6.20. The van der Waals surface area contributed by atoms with E-state index in [1.165, 1.54) is 7.11 Å². The maximum Gasteiger partial charge on any atom is 0.407 e. The fraction of sp³-hybridized carbons (Fsp3) is 0.423. The van der Waals surface area contributed by atoms with Crippen LogP contribution in [0, 0.1) is 11.8 Å². The average molecular weight is 469 g/mol. The number of nitrogens with one attached hydrogen (secondary N) is 2. The Hall–Kier alpha value is -3.39. The first kappa shape index (κ1) is 25.2. The highest BCUT2D eigenvalue weighted by Gasteiger charge is 2.32. The van der Waals surface area contributed by atoms with E-state index in [1.807, 2.05) is 36.4 Å². The second kappa shape index (κ2) is 11.2. The minimum Gasteiger partial charge on any atom is -0.481 e. The number of benzene rings is 2. The molecule has 3 atom stereocenters. The number of fused-ring (bicyclic) bond motifs is 3. The van der Waals surface area contributed by atoms with Crippen LogP contribution in [0.3, 0.4) is 0 Å². The van der Waals surface area contributed by atoms with Gasteiger partial charge in [0, 0.05) is 19.1 Å². The summed E-state index contributed by atoms with van der Waals surface area (Å²) in [4.78, 5) is 36.9. The van der Waals surface area contributed by atoms with Crippen LogP contribution in [0.5, 0.6) is 0 Å². The third kappa shape index (κ3) is 5.56. The van der Waals surface area contributed by atoms with Crippen LogP contribution in [-0.4, -0.2) is 55.5 Å². The molecule has 0 heterocycles. The van der Waals surface area contributed by atoms with Crippen molar-refractivity contribution < 1.29 is 29.0 Å². The molecule has 0 aromatic heterocycles. The number of amides is 2. The molecule has 0 bridgehead atoms. The molecule has 2 aromatic rings. The van der Waals surface area contributed by atoms with E-state index >= 15 is 0 Å². The maximum absolute atomic E-state index is 12.8. The highest BCUT2D eigenvalue weighted by atomic mass is 16.5. The summed E-state index contributed by atoms with van der Waals surface area (Å²) < 4.78 is 10.6. The zero-order valence-corrected chi connectivity index (χ0v) is 19.9. The summed E-state index contributed by atoms with van der Waals surface area (Å²) in [6, 6.07) is 14.4. The van der Waals surface area contributed by atoms with Gasteiger partial charge in [-0.3, -0.25) is 9.59 Å². The van der Waals surface area contributed by atoms with Crippen molar-refractivity contribution in [3.05, 3.63) is 59.7 Å². The number of ether oxygens (including phenoxy) is 2. The monoisotopic (exact) mass is 468 g/mol. The molecule has 8 heteroatoms. The highest BCUT2D eigenvalue weighted by molar-refractivity contribution is 5.86. The Kier molecular flexibility index (Phi) is 8.28. The van der Waals surface area contributed by atoms with E-state index in [1.54, 1.807) is 20.8 Å². The SMILES string of the molecule is COC[C@H](NC(=O)OCC1c2ccccc2-c2ccccc21)C(=O)NC(C)C(C(=O)O)C(C)C. The van der Waals surface area contributed by atoms with Crippen molar-refractivity contribution in [2.75, 3.05) is 20.3 Å². The molecule has 8 nitrogen and oxygen atoms in total. The molecule has 0 aliphatic heterocycles. The lowest BCUT2D eigenvalue weighted by atomic mass is 9.89. The van der Waals surface area contributed by atoms with Crippen molar-refractivity contribution in [2.45, 2.75) is 38.8 Å². The van der Waals surface area contributed by atoms with Gasteiger partial charge in [0.05, 0.1) is 12.5 Å². The Bertz CT molecular complexity index is 992. The highest BCUT2D eigenvalue weighted by Crippen LogP contribution is 2.44. The second-order valence-electron chi connectivity index (χ2n) is 8.88. The Morgan fingerprint density at radius 2 is 1.50 bits per heavy atom. The molecule has 3 N–H and O–H groups in total. The summed E-state index contributed by atoms with van der Waals surface area (Å²) in [6.07, 6.45) is -0.745. The number of alkyl carbamates (subject to hydrolysis) is 1. The molecule has 0 fully saturated rings. The fourth-order valence-corrected chi connectivity index (χ4v) is 4.62. The number of methoxy groups -OCH3 is 1. The topological polar surface area (TPSA) is 114 Å². The van der Waals surface area contributed by atoms with E-state index in [0.717, 1.165) is 22.3 Å². The van der Waals surface area contributed by atoms with E-state index < -0.39 is 36.0 Å². The van der Waals surface area contributed by atoms with Crippen LogP contribution < -0.4 is 10.6 Å². The van der Waals surface area contributed by atoms with Crippen LogP contribution in [0.4, 0.5) is 4.79 Å². The zero-order valence-electron chi connectivity index (χ0n) is 19.9. The number of aliphatic carboxylic acids is 1. The molecule has 3 rings (SSSR count). The van der Waals surface area contributed by atoms with Gasteiger partial charge in [-0.15, -0.1) is 0 Å². The second-order valence-corrected chi connectivity index (χ2v) is 8.88. The van der Waals surface area contributed by atoms with Crippen LogP contribution >= 0.6 is 0 Å². The van der Waals surface area contributed by atoms with Crippen LogP contribution in [0.1, 0.15) is 37.8 Å². The van der Waals surface area contributed by atoms with Gasteiger partial charge in [-0.1, -0.05) is 62.4 Å². The number of rotatable bonds is 10. The normalized spacial score (nSPS) is 15.1. The van der Waals surface area contributed by atoms with Crippen molar-refractivity contribution in [1.82, 2.24) is 10.6 Å². The molecule has 182 valence electrons. The van der Waals surface area contributed by atoms with Crippen molar-refractivity contribution in [2.24, 2.45) is 11.8 Å². The average Bonchev–Trinajstić information content (AvgIpc) is 3.10. The Labute approximate surface area is 199 Å². The summed E-state index contributed by atoms with van der Waals surface area (Å²) >= 11 is 0. The van der Waals surface area contributed by atoms with Gasteiger partial charge in [-0.25, -0.2) is 4.79 Å². The minimum atomic E-state index is -1.02. The van der Waals surface area contributed by atoms with Gasteiger partial charge in [0.25, 0.3) is 0 Å². The first-order valence-corrected chi connectivity index (χ1v) is 11.4. The van der Waals surface area contributed by atoms with Crippen molar-refractivity contribution in [3.8, 4) is 11.1 Å². The summed E-state index contributed by atoms with van der Waals surface area (Å²) in [7, 11) is 1.41. The third-order valence-corrected chi connectivity index (χ3v) is 6.20. The molecule has 1 aliphatic carbocycles. The number of carboxylic acid groups (broad SMARTS) is 1. The van der Waals surface area contributed by atoms with Gasteiger partial charge in [0.1, 0.15) is 12.6 Å². The number of carbonyl (C=O) groups excluding carboxylic acids is 2. The van der Waals surface area contributed by atoms with Gasteiger partial charge in [0.2, 0.25) is 5.91 Å². The molecule has 2 unspecified atom stereocenters. The molecular weight excluding hydrogens is 436 g/mol. The van der Waals surface area contributed by atoms with Crippen LogP contribution in [0.15, 0.2) is 48.5 Å². The van der Waals surface area contributed by atoms with Crippen molar-refractivity contribution in [3.63, 3.8) is 0 Å². The van der Waals surface area contributed by atoms with E-state index in [4.69, 9.17) is 9.47 Å². The molecule has 2 aromatic carbocycles. The quantitative estimate of drug-likeness (QED) is 0.493. The predicted octanol–water partition coefficient (Wildman–Crippen LogP) is 3.40. The lowest BCUT2D eigenvalue weighted by Gasteiger charge is -2.26. The van der Waals surface area contributed by atoms with Gasteiger partial charge in [0.15, 0.2) is 0 Å². The standard InChI is InChI=1S/C26H32N2O6/c1-15(2)23(25(30)31)16(3)27-24(29)22(14-33-4)28-26(32)34-13-21-19-11-7-5-9-17(19)18-10-6-8-12-20(18)21/h5-12,15-16,21-23H,13-14H2,1-4H3,(H,27,29)(H,28,32)(H,30,31)/t16?,22-,23?/m0/s1. The number of hydrogen-bond donors (Lipinski definition) is 3. The summed E-state index contributed by atoms with van der Waals surface area (Å²) in [5.41, 5.74) is 4.42. The van der Waals surface area contributed by atoms with Crippen LogP contribution in [0.25, 0.3) is 11.1 Å². The van der Waals surface area contributed by atoms with E-state index in [-0.39, 0.29) is 25.0 Å². The van der Waals surface area contributed by atoms with E-state index in [2.05, 4.69) is 22.8 Å². The van der Waals surface area contributed by atoms with E-state index in [9.17, 15) is 19.5 Å². The molecule has 0 spiro atoms. The minimum absolute atomic E-state index is 0.0812. The largest absolute Gasteiger partial charge is 0.481 e.